The molecule has 0 radical (unpaired) electrons. The number of amides is 2. The second-order valence-electron chi connectivity index (χ2n) is 10.1. The highest BCUT2D eigenvalue weighted by molar-refractivity contribution is 6.64. The highest BCUT2D eigenvalue weighted by atomic mass is 35.5. The fourth-order valence-electron chi connectivity index (χ4n) is 4.67. The maximum atomic E-state index is 12.9. The van der Waals surface area contributed by atoms with Crippen LogP contribution in [0.1, 0.15) is 56.6 Å². The Bertz CT molecular complexity index is 1380. The Labute approximate surface area is 254 Å². The SMILES string of the molecule is CCC1CC(=O)N(Cc2cccc(NC(=O)C(F)(F)F)c2)N=C1c1ccc(OC)c(OC2CCCC2)c1.O=C(Cl)C(F)(F)F. The van der Waals surface area contributed by atoms with Crippen LogP contribution in [0.5, 0.6) is 11.5 Å². The van der Waals surface area contributed by atoms with E-state index in [1.165, 1.54) is 23.2 Å². The zero-order valence-corrected chi connectivity index (χ0v) is 24.5. The summed E-state index contributed by atoms with van der Waals surface area (Å²) in [5, 5.41) is 5.56. The zero-order chi connectivity index (χ0) is 32.7. The minimum Gasteiger partial charge on any atom is -0.493 e. The molecular formula is C29H30ClF6N3O5. The molecule has 0 spiro atoms. The first-order valence-electron chi connectivity index (χ1n) is 13.6. The topological polar surface area (TPSA) is 97.3 Å². The quantitative estimate of drug-likeness (QED) is 0.246. The first kappa shape index (κ1) is 34.7. The Hall–Kier alpha value is -3.81. The third kappa shape index (κ3) is 9.60. The largest absolute Gasteiger partial charge is 0.493 e. The van der Waals surface area contributed by atoms with Gasteiger partial charge in [-0.1, -0.05) is 19.1 Å². The monoisotopic (exact) mass is 649 g/mol. The number of alkyl halides is 6. The van der Waals surface area contributed by atoms with Gasteiger partial charge in [-0.2, -0.15) is 31.4 Å². The van der Waals surface area contributed by atoms with Gasteiger partial charge in [0.1, 0.15) is 0 Å². The molecule has 1 aliphatic carbocycles. The second kappa shape index (κ2) is 14.8. The van der Waals surface area contributed by atoms with Crippen molar-refractivity contribution >= 4 is 40.1 Å². The summed E-state index contributed by atoms with van der Waals surface area (Å²) in [6.45, 7) is 2.05. The number of hydrogen-bond donors (Lipinski definition) is 1. The Balaban J connectivity index is 0.000000676. The molecule has 0 bridgehead atoms. The van der Waals surface area contributed by atoms with Crippen molar-refractivity contribution in [2.45, 2.75) is 70.4 Å². The number of hydrogen-bond acceptors (Lipinski definition) is 6. The van der Waals surface area contributed by atoms with Gasteiger partial charge in [-0.15, -0.1) is 0 Å². The standard InChI is InChI=1S/C27H30F3N3O4.C2ClF3O/c1-3-18-15-24(34)33(16-17-7-6-8-20(13-17)31-26(35)27(28,29)30)32-25(18)19-11-12-22(36-2)23(14-19)37-21-9-4-5-10-21;3-1(7)2(4,5)6/h6-8,11-14,18,21H,3-5,9-10,15-16H2,1-2H3,(H,31,35);. The fraction of sp³-hybridized carbons (Fsp3) is 0.448. The Morgan fingerprint density at radius 2 is 1.68 bits per heavy atom. The number of methoxy groups -OCH3 is 1. The van der Waals surface area contributed by atoms with E-state index in [-0.39, 0.29) is 36.6 Å². The van der Waals surface area contributed by atoms with E-state index in [1.807, 2.05) is 30.4 Å². The molecule has 2 aliphatic rings. The number of carbonyl (C=O) groups excluding carboxylic acids is 3. The Kier molecular flexibility index (Phi) is 11.6. The molecule has 1 unspecified atom stereocenters. The summed E-state index contributed by atoms with van der Waals surface area (Å²) in [7, 11) is 1.59. The summed E-state index contributed by atoms with van der Waals surface area (Å²) in [5.74, 6) is -1.06. The van der Waals surface area contributed by atoms with Crippen molar-refractivity contribution in [3.8, 4) is 11.5 Å². The maximum Gasteiger partial charge on any atom is 0.471 e. The number of hydrazone groups is 1. The van der Waals surface area contributed by atoms with Crippen molar-refractivity contribution < 1.29 is 50.2 Å². The lowest BCUT2D eigenvalue weighted by Gasteiger charge is -2.29. The summed E-state index contributed by atoms with van der Waals surface area (Å²) >= 11 is 3.99. The van der Waals surface area contributed by atoms with Gasteiger partial charge in [0.05, 0.1) is 25.5 Å². The number of carbonyl (C=O) groups is 3. The molecule has 240 valence electrons. The first-order valence-corrected chi connectivity index (χ1v) is 14.0. The lowest BCUT2D eigenvalue weighted by atomic mass is 9.89. The number of rotatable bonds is 8. The molecular weight excluding hydrogens is 620 g/mol. The third-order valence-corrected chi connectivity index (χ3v) is 7.08. The minimum atomic E-state index is -4.99. The second-order valence-corrected chi connectivity index (χ2v) is 10.4. The van der Waals surface area contributed by atoms with Crippen LogP contribution < -0.4 is 14.8 Å². The average Bonchev–Trinajstić information content (AvgIpc) is 3.46. The summed E-state index contributed by atoms with van der Waals surface area (Å²) < 4.78 is 81.7. The van der Waals surface area contributed by atoms with E-state index < -0.39 is 23.5 Å². The van der Waals surface area contributed by atoms with Gasteiger partial charge in [-0.25, -0.2) is 5.01 Å². The van der Waals surface area contributed by atoms with Gasteiger partial charge in [0.25, 0.3) is 0 Å². The van der Waals surface area contributed by atoms with E-state index in [0.29, 0.717) is 23.5 Å². The molecule has 1 heterocycles. The number of benzene rings is 2. The fourth-order valence-corrected chi connectivity index (χ4v) is 4.67. The van der Waals surface area contributed by atoms with Crippen LogP contribution in [0.4, 0.5) is 32.0 Å². The molecule has 1 N–H and O–H groups in total. The van der Waals surface area contributed by atoms with Gasteiger partial charge in [0.15, 0.2) is 11.5 Å². The van der Waals surface area contributed by atoms with E-state index in [2.05, 4.69) is 16.7 Å². The molecule has 15 heteroatoms. The molecule has 1 saturated carbocycles. The van der Waals surface area contributed by atoms with Crippen LogP contribution >= 0.6 is 11.6 Å². The highest BCUT2D eigenvalue weighted by Gasteiger charge is 2.39. The predicted molar refractivity (Wildman–Crippen MR) is 149 cm³/mol. The molecule has 1 aliphatic heterocycles. The summed E-state index contributed by atoms with van der Waals surface area (Å²) in [6, 6.07) is 11.6. The van der Waals surface area contributed by atoms with E-state index in [4.69, 9.17) is 14.3 Å². The van der Waals surface area contributed by atoms with Crippen molar-refractivity contribution in [3.63, 3.8) is 0 Å². The van der Waals surface area contributed by atoms with Crippen LogP contribution in [0.3, 0.4) is 0 Å². The van der Waals surface area contributed by atoms with Crippen LogP contribution in [0.2, 0.25) is 0 Å². The molecule has 0 aromatic heterocycles. The van der Waals surface area contributed by atoms with Crippen molar-refractivity contribution in [2.75, 3.05) is 12.4 Å². The maximum absolute atomic E-state index is 12.9. The van der Waals surface area contributed by atoms with Crippen molar-refractivity contribution in [1.29, 1.82) is 0 Å². The summed E-state index contributed by atoms with van der Waals surface area (Å²) in [6.07, 6.45) is -4.50. The van der Waals surface area contributed by atoms with Gasteiger partial charge in [-0.05, 0) is 79.6 Å². The molecule has 0 saturated heterocycles. The van der Waals surface area contributed by atoms with Crippen molar-refractivity contribution in [2.24, 2.45) is 11.0 Å². The van der Waals surface area contributed by atoms with Crippen molar-refractivity contribution in [1.82, 2.24) is 5.01 Å². The minimum absolute atomic E-state index is 0.0104. The number of anilines is 1. The molecule has 44 heavy (non-hydrogen) atoms. The van der Waals surface area contributed by atoms with Crippen molar-refractivity contribution in [3.05, 3.63) is 53.6 Å². The van der Waals surface area contributed by atoms with Crippen LogP contribution in [0, 0.1) is 5.92 Å². The highest BCUT2D eigenvalue weighted by Crippen LogP contribution is 2.35. The van der Waals surface area contributed by atoms with Crippen LogP contribution in [0.15, 0.2) is 47.6 Å². The summed E-state index contributed by atoms with van der Waals surface area (Å²) in [4.78, 5) is 33.3. The molecule has 1 fully saturated rings. The number of nitrogens with zero attached hydrogens (tertiary/aromatic N) is 2. The van der Waals surface area contributed by atoms with E-state index in [9.17, 15) is 35.9 Å². The van der Waals surface area contributed by atoms with E-state index in [0.717, 1.165) is 37.0 Å². The summed E-state index contributed by atoms with van der Waals surface area (Å²) in [5.41, 5.74) is 2.09. The normalized spacial score (nSPS) is 17.4. The number of nitrogens with one attached hydrogen (secondary N) is 1. The van der Waals surface area contributed by atoms with Crippen LogP contribution in [-0.2, 0) is 20.9 Å². The smallest absolute Gasteiger partial charge is 0.471 e. The number of ether oxygens (including phenoxy) is 2. The van der Waals surface area contributed by atoms with Gasteiger partial charge in [-0.3, -0.25) is 14.4 Å². The molecule has 2 aromatic rings. The molecule has 2 amide bonds. The molecule has 8 nitrogen and oxygen atoms in total. The van der Waals surface area contributed by atoms with Gasteiger partial charge < -0.3 is 14.8 Å². The van der Waals surface area contributed by atoms with Gasteiger partial charge in [0.2, 0.25) is 5.91 Å². The number of halogens is 7. The van der Waals surface area contributed by atoms with Crippen LogP contribution in [-0.4, -0.2) is 53.3 Å². The third-order valence-electron chi connectivity index (χ3n) is 6.87. The lowest BCUT2D eigenvalue weighted by molar-refractivity contribution is -0.167. The Morgan fingerprint density at radius 1 is 1.02 bits per heavy atom. The Morgan fingerprint density at radius 3 is 2.25 bits per heavy atom. The molecule has 4 rings (SSSR count). The predicted octanol–water partition coefficient (Wildman–Crippen LogP) is 6.99. The van der Waals surface area contributed by atoms with Gasteiger partial charge in [0, 0.05) is 23.6 Å². The lowest BCUT2D eigenvalue weighted by Crippen LogP contribution is -2.36. The molecule has 2 aromatic carbocycles. The zero-order valence-electron chi connectivity index (χ0n) is 23.7. The molecule has 1 atom stereocenters. The van der Waals surface area contributed by atoms with Crippen LogP contribution in [0.25, 0.3) is 0 Å². The average molecular weight is 650 g/mol. The van der Waals surface area contributed by atoms with E-state index >= 15 is 0 Å². The first-order chi connectivity index (χ1) is 20.6. The van der Waals surface area contributed by atoms with E-state index in [1.54, 1.807) is 13.2 Å². The van der Waals surface area contributed by atoms with Gasteiger partial charge >= 0.3 is 23.5 Å².